The number of nitrogens with zero attached hydrogens (tertiary/aromatic N) is 2. The maximum absolute atomic E-state index is 12.9. The van der Waals surface area contributed by atoms with Crippen molar-refractivity contribution < 1.29 is 14.4 Å². The Morgan fingerprint density at radius 2 is 1.60 bits per heavy atom. The molecule has 1 saturated heterocycles. The van der Waals surface area contributed by atoms with Crippen LogP contribution in [0.5, 0.6) is 0 Å². The molecule has 1 N–H and O–H groups in total. The van der Waals surface area contributed by atoms with E-state index in [-0.39, 0.29) is 23.6 Å². The van der Waals surface area contributed by atoms with Gasteiger partial charge in [-0.2, -0.15) is 0 Å². The molecule has 0 bridgehead atoms. The van der Waals surface area contributed by atoms with Crippen molar-refractivity contribution in [2.24, 2.45) is 5.92 Å². The summed E-state index contributed by atoms with van der Waals surface area (Å²) in [5.41, 5.74) is 0.546. The van der Waals surface area contributed by atoms with Crippen molar-refractivity contribution in [3.05, 3.63) is 35.9 Å². The van der Waals surface area contributed by atoms with Gasteiger partial charge in [0.2, 0.25) is 11.8 Å². The molecule has 6 heteroatoms. The number of carbonyl (C=O) groups excluding carboxylic acids is 3. The number of piperazine rings is 1. The summed E-state index contributed by atoms with van der Waals surface area (Å²) in [4.78, 5) is 40.3. The lowest BCUT2D eigenvalue weighted by Crippen LogP contribution is -2.57. The van der Waals surface area contributed by atoms with Gasteiger partial charge in [-0.3, -0.25) is 14.4 Å². The number of benzene rings is 1. The number of hydrogen-bond donors (Lipinski definition) is 1. The molecule has 0 radical (unpaired) electrons. The first-order valence-corrected chi connectivity index (χ1v) is 8.84. The maximum atomic E-state index is 12.9. The number of rotatable bonds is 5. The molecule has 1 aliphatic heterocycles. The Morgan fingerprint density at radius 1 is 1.04 bits per heavy atom. The first-order valence-electron chi connectivity index (χ1n) is 8.84. The fourth-order valence-electron chi connectivity index (χ4n) is 2.94. The Morgan fingerprint density at radius 3 is 2.12 bits per heavy atom. The normalized spacial score (nSPS) is 16.9. The van der Waals surface area contributed by atoms with Gasteiger partial charge in [-0.15, -0.1) is 0 Å². The third-order valence-corrected chi connectivity index (χ3v) is 4.84. The lowest BCUT2D eigenvalue weighted by molar-refractivity contribution is -0.140. The highest BCUT2D eigenvalue weighted by Crippen LogP contribution is 2.14. The summed E-state index contributed by atoms with van der Waals surface area (Å²) in [6, 6.07) is 8.37. The third-order valence-electron chi connectivity index (χ3n) is 4.84. The molecule has 2 rings (SSSR count). The second-order valence-corrected chi connectivity index (χ2v) is 6.53. The number of hydrogen-bond acceptors (Lipinski definition) is 3. The molecule has 0 unspecified atom stereocenters. The molecular formula is C19H27N3O3. The summed E-state index contributed by atoms with van der Waals surface area (Å²) in [6.45, 7) is 7.62. The molecule has 0 aliphatic carbocycles. The molecule has 6 nitrogen and oxygen atoms in total. The Labute approximate surface area is 149 Å². The number of nitrogens with one attached hydrogen (secondary N) is 1. The van der Waals surface area contributed by atoms with Crippen LogP contribution in [0.3, 0.4) is 0 Å². The molecule has 0 aromatic heterocycles. The molecule has 0 spiro atoms. The van der Waals surface area contributed by atoms with Crippen LogP contribution in [0.15, 0.2) is 30.3 Å². The lowest BCUT2D eigenvalue weighted by atomic mass is 9.97. The van der Waals surface area contributed by atoms with Crippen molar-refractivity contribution in [1.82, 2.24) is 15.1 Å². The highest BCUT2D eigenvalue weighted by Gasteiger charge is 2.32. The van der Waals surface area contributed by atoms with E-state index in [2.05, 4.69) is 5.32 Å². The monoisotopic (exact) mass is 345 g/mol. The van der Waals surface area contributed by atoms with Crippen LogP contribution in [0.2, 0.25) is 0 Å². The van der Waals surface area contributed by atoms with Crippen LogP contribution in [-0.4, -0.2) is 59.7 Å². The molecule has 136 valence electrons. The van der Waals surface area contributed by atoms with E-state index in [0.717, 1.165) is 6.42 Å². The van der Waals surface area contributed by atoms with Gasteiger partial charge in [0.05, 0.1) is 0 Å². The van der Waals surface area contributed by atoms with Crippen molar-refractivity contribution >= 4 is 17.7 Å². The standard InChI is InChI=1S/C19H27N3O3/c1-4-14(2)17(20-18(24)16-8-6-5-7-9-16)19(25)22-12-10-21(11-13-22)15(3)23/h5-9,14,17H,4,10-13H2,1-3H3,(H,20,24)/t14-,17+/m1/s1. The Balaban J connectivity index is 2.05. The second-order valence-electron chi connectivity index (χ2n) is 6.53. The molecular weight excluding hydrogens is 318 g/mol. The highest BCUT2D eigenvalue weighted by atomic mass is 16.2. The van der Waals surface area contributed by atoms with Gasteiger partial charge >= 0.3 is 0 Å². The third kappa shape index (κ3) is 4.81. The van der Waals surface area contributed by atoms with E-state index in [1.54, 1.807) is 41.0 Å². The molecule has 1 aliphatic rings. The Kier molecular flexibility index (Phi) is 6.56. The zero-order valence-corrected chi connectivity index (χ0v) is 15.2. The van der Waals surface area contributed by atoms with Crippen LogP contribution < -0.4 is 5.32 Å². The van der Waals surface area contributed by atoms with Gasteiger partial charge in [-0.05, 0) is 18.1 Å². The second kappa shape index (κ2) is 8.65. The van der Waals surface area contributed by atoms with E-state index in [4.69, 9.17) is 0 Å². The smallest absolute Gasteiger partial charge is 0.251 e. The topological polar surface area (TPSA) is 69.7 Å². The van der Waals surface area contributed by atoms with E-state index in [0.29, 0.717) is 31.7 Å². The van der Waals surface area contributed by atoms with Gasteiger partial charge in [-0.1, -0.05) is 38.5 Å². The van der Waals surface area contributed by atoms with Crippen LogP contribution >= 0.6 is 0 Å². The first-order chi connectivity index (χ1) is 11.9. The zero-order valence-electron chi connectivity index (χ0n) is 15.2. The molecule has 1 fully saturated rings. The van der Waals surface area contributed by atoms with E-state index < -0.39 is 6.04 Å². The predicted molar refractivity (Wildman–Crippen MR) is 96.0 cm³/mol. The number of amides is 3. The van der Waals surface area contributed by atoms with Crippen LogP contribution in [0, 0.1) is 5.92 Å². The largest absolute Gasteiger partial charge is 0.340 e. The van der Waals surface area contributed by atoms with Crippen LogP contribution in [-0.2, 0) is 9.59 Å². The Hall–Kier alpha value is -2.37. The minimum Gasteiger partial charge on any atom is -0.340 e. The van der Waals surface area contributed by atoms with Crippen molar-refractivity contribution in [3.63, 3.8) is 0 Å². The van der Waals surface area contributed by atoms with Gasteiger partial charge in [0, 0.05) is 38.7 Å². The van der Waals surface area contributed by atoms with Crippen LogP contribution in [0.25, 0.3) is 0 Å². The van der Waals surface area contributed by atoms with E-state index >= 15 is 0 Å². The fourth-order valence-corrected chi connectivity index (χ4v) is 2.94. The summed E-state index contributed by atoms with van der Waals surface area (Å²) in [7, 11) is 0. The lowest BCUT2D eigenvalue weighted by Gasteiger charge is -2.37. The van der Waals surface area contributed by atoms with Crippen molar-refractivity contribution in [3.8, 4) is 0 Å². The zero-order chi connectivity index (χ0) is 18.4. The summed E-state index contributed by atoms with van der Waals surface area (Å²) >= 11 is 0. The van der Waals surface area contributed by atoms with E-state index in [1.165, 1.54) is 0 Å². The molecule has 1 aromatic carbocycles. The van der Waals surface area contributed by atoms with Crippen molar-refractivity contribution in [2.75, 3.05) is 26.2 Å². The molecule has 3 amide bonds. The van der Waals surface area contributed by atoms with Gasteiger partial charge in [-0.25, -0.2) is 0 Å². The van der Waals surface area contributed by atoms with Gasteiger partial charge in [0.1, 0.15) is 6.04 Å². The molecule has 25 heavy (non-hydrogen) atoms. The summed E-state index contributed by atoms with van der Waals surface area (Å²) in [5, 5.41) is 2.90. The average Bonchev–Trinajstić information content (AvgIpc) is 2.65. The predicted octanol–water partition coefficient (Wildman–Crippen LogP) is 1.52. The Bertz CT molecular complexity index is 610. The van der Waals surface area contributed by atoms with Gasteiger partial charge in [0.25, 0.3) is 5.91 Å². The minimum absolute atomic E-state index is 0.0305. The van der Waals surface area contributed by atoms with Crippen molar-refractivity contribution in [1.29, 1.82) is 0 Å². The average molecular weight is 345 g/mol. The van der Waals surface area contributed by atoms with Gasteiger partial charge in [0.15, 0.2) is 0 Å². The summed E-state index contributed by atoms with van der Waals surface area (Å²) < 4.78 is 0. The van der Waals surface area contributed by atoms with Gasteiger partial charge < -0.3 is 15.1 Å². The molecule has 2 atom stereocenters. The minimum atomic E-state index is -0.554. The number of carbonyl (C=O) groups is 3. The van der Waals surface area contributed by atoms with E-state index in [1.807, 2.05) is 19.9 Å². The summed E-state index contributed by atoms with van der Waals surface area (Å²) in [5.74, 6) is -0.239. The van der Waals surface area contributed by atoms with Crippen molar-refractivity contribution in [2.45, 2.75) is 33.2 Å². The van der Waals surface area contributed by atoms with Crippen LogP contribution in [0.1, 0.15) is 37.6 Å². The first kappa shape index (κ1) is 19.0. The quantitative estimate of drug-likeness (QED) is 0.880. The molecule has 1 aromatic rings. The highest BCUT2D eigenvalue weighted by molar-refractivity contribution is 5.97. The fraction of sp³-hybridized carbons (Fsp3) is 0.526. The maximum Gasteiger partial charge on any atom is 0.251 e. The SMILES string of the molecule is CC[C@@H](C)[C@H](NC(=O)c1ccccc1)C(=O)N1CCN(C(C)=O)CC1. The summed E-state index contributed by atoms with van der Waals surface area (Å²) in [6.07, 6.45) is 0.791. The van der Waals surface area contributed by atoms with E-state index in [9.17, 15) is 14.4 Å². The molecule has 0 saturated carbocycles. The molecule has 1 heterocycles. The van der Waals surface area contributed by atoms with Crippen LogP contribution in [0.4, 0.5) is 0 Å².